The van der Waals surface area contributed by atoms with Crippen LogP contribution in [-0.4, -0.2) is 35.1 Å². The zero-order valence-corrected chi connectivity index (χ0v) is 16.9. The Balaban J connectivity index is 1.94. The lowest BCUT2D eigenvalue weighted by molar-refractivity contribution is -0.140. The van der Waals surface area contributed by atoms with Gasteiger partial charge in [-0.05, 0) is 25.0 Å². The molecule has 4 nitrogen and oxygen atoms in total. The maximum atomic E-state index is 12.8. The zero-order chi connectivity index (χ0) is 19.5. The molecule has 0 aliphatic heterocycles. The molecule has 0 bridgehead atoms. The second kappa shape index (κ2) is 11.4. The van der Waals surface area contributed by atoms with Gasteiger partial charge in [0.2, 0.25) is 11.8 Å². The lowest BCUT2D eigenvalue weighted by atomic mass is 10.1. The van der Waals surface area contributed by atoms with Crippen molar-refractivity contribution in [1.29, 1.82) is 0 Å². The summed E-state index contributed by atoms with van der Waals surface area (Å²) >= 11 is 1.74. The molecular weight excluding hydrogens is 356 g/mol. The molecule has 2 aromatic rings. The number of hydrogen-bond donors (Lipinski definition) is 1. The van der Waals surface area contributed by atoms with Crippen LogP contribution in [0.25, 0.3) is 0 Å². The largest absolute Gasteiger partial charge is 0.355 e. The van der Waals surface area contributed by atoms with Gasteiger partial charge in [0.1, 0.15) is 6.04 Å². The first-order chi connectivity index (χ1) is 13.1. The molecule has 0 aromatic heterocycles. The summed E-state index contributed by atoms with van der Waals surface area (Å²) in [7, 11) is 0. The topological polar surface area (TPSA) is 49.4 Å². The Kier molecular flexibility index (Phi) is 8.92. The second-order valence-corrected chi connectivity index (χ2v) is 7.47. The van der Waals surface area contributed by atoms with Gasteiger partial charge in [-0.15, -0.1) is 0 Å². The normalized spacial score (nSPS) is 11.6. The first-order valence-electron chi connectivity index (χ1n) is 9.34. The van der Waals surface area contributed by atoms with Crippen LogP contribution < -0.4 is 5.32 Å². The van der Waals surface area contributed by atoms with Crippen LogP contribution >= 0.6 is 11.8 Å². The Morgan fingerprint density at radius 2 is 1.59 bits per heavy atom. The molecule has 0 saturated carbocycles. The van der Waals surface area contributed by atoms with E-state index in [2.05, 4.69) is 17.4 Å². The summed E-state index contributed by atoms with van der Waals surface area (Å²) in [5.74, 6) is 1.52. The summed E-state index contributed by atoms with van der Waals surface area (Å²) in [6.45, 7) is 4.68. The molecule has 2 aromatic carbocycles. The average molecular weight is 385 g/mol. The van der Waals surface area contributed by atoms with Crippen LogP contribution in [0.5, 0.6) is 0 Å². The van der Waals surface area contributed by atoms with Crippen molar-refractivity contribution in [2.24, 2.45) is 0 Å². The van der Waals surface area contributed by atoms with E-state index >= 15 is 0 Å². The summed E-state index contributed by atoms with van der Waals surface area (Å²) in [5, 5.41) is 2.82. The van der Waals surface area contributed by atoms with Gasteiger partial charge in [0, 0.05) is 31.0 Å². The van der Waals surface area contributed by atoms with E-state index in [4.69, 9.17) is 0 Å². The molecule has 2 amide bonds. The van der Waals surface area contributed by atoms with Gasteiger partial charge in [0.05, 0.1) is 0 Å². The van der Waals surface area contributed by atoms with E-state index in [1.54, 1.807) is 23.6 Å². The lowest BCUT2D eigenvalue weighted by Crippen LogP contribution is -2.47. The number of carbonyl (C=O) groups excluding carboxylic acids is 2. The van der Waals surface area contributed by atoms with Crippen molar-refractivity contribution >= 4 is 23.6 Å². The Labute approximate surface area is 166 Å². The minimum Gasteiger partial charge on any atom is -0.355 e. The van der Waals surface area contributed by atoms with Crippen LogP contribution in [0, 0.1) is 0 Å². The summed E-state index contributed by atoms with van der Waals surface area (Å²) in [6, 6.07) is 19.6. The van der Waals surface area contributed by atoms with E-state index in [1.165, 1.54) is 5.56 Å². The Morgan fingerprint density at radius 1 is 1.00 bits per heavy atom. The molecule has 1 N–H and O–H groups in total. The van der Waals surface area contributed by atoms with Crippen LogP contribution in [0.2, 0.25) is 0 Å². The zero-order valence-electron chi connectivity index (χ0n) is 16.1. The van der Waals surface area contributed by atoms with E-state index in [0.717, 1.165) is 17.1 Å². The third kappa shape index (κ3) is 7.10. The van der Waals surface area contributed by atoms with Gasteiger partial charge in [-0.2, -0.15) is 11.8 Å². The van der Waals surface area contributed by atoms with Crippen LogP contribution in [0.1, 0.15) is 31.4 Å². The molecule has 0 heterocycles. The lowest BCUT2D eigenvalue weighted by Gasteiger charge is -2.28. The Morgan fingerprint density at radius 3 is 2.19 bits per heavy atom. The first kappa shape index (κ1) is 21.0. The maximum absolute atomic E-state index is 12.8. The molecule has 1 atom stereocenters. The molecule has 0 aliphatic carbocycles. The van der Waals surface area contributed by atoms with Crippen molar-refractivity contribution < 1.29 is 9.59 Å². The van der Waals surface area contributed by atoms with Crippen molar-refractivity contribution in [3.05, 3.63) is 71.8 Å². The van der Waals surface area contributed by atoms with E-state index in [9.17, 15) is 9.59 Å². The molecule has 0 unspecified atom stereocenters. The molecule has 144 valence electrons. The predicted octanol–water partition coefficient (Wildman–Crippen LogP) is 3.86. The van der Waals surface area contributed by atoms with Gasteiger partial charge in [0.25, 0.3) is 0 Å². The number of hydrogen-bond acceptors (Lipinski definition) is 3. The summed E-state index contributed by atoms with van der Waals surface area (Å²) in [5.41, 5.74) is 2.28. The molecule has 0 spiro atoms. The smallest absolute Gasteiger partial charge is 0.242 e. The van der Waals surface area contributed by atoms with E-state index in [1.807, 2.05) is 55.5 Å². The fraction of sp³-hybridized carbons (Fsp3) is 0.364. The third-order valence-corrected chi connectivity index (χ3v) is 5.32. The molecule has 0 fully saturated rings. The average Bonchev–Trinajstić information content (AvgIpc) is 2.70. The van der Waals surface area contributed by atoms with Gasteiger partial charge >= 0.3 is 0 Å². The highest BCUT2D eigenvalue weighted by Crippen LogP contribution is 2.16. The number of carbonyl (C=O) groups is 2. The number of likely N-dealkylation sites (N-methyl/N-ethyl adjacent to an activating group) is 1. The van der Waals surface area contributed by atoms with Crippen LogP contribution in [0.3, 0.4) is 0 Å². The standard InChI is InChI=1S/C22H28N2O2S/c1-3-23-22(26)18(2)24(16-19-10-6-4-7-11-19)21(25)14-15-27-17-20-12-8-5-9-13-20/h4-13,18H,3,14-17H2,1-2H3,(H,23,26)/t18-/m0/s1. The van der Waals surface area contributed by atoms with E-state index in [0.29, 0.717) is 19.5 Å². The molecule has 0 saturated heterocycles. The Bertz CT molecular complexity index is 707. The summed E-state index contributed by atoms with van der Waals surface area (Å²) in [6.07, 6.45) is 0.425. The molecule has 0 radical (unpaired) electrons. The number of thioether (sulfide) groups is 1. The SMILES string of the molecule is CCNC(=O)[C@H](C)N(Cc1ccccc1)C(=O)CCSCc1ccccc1. The van der Waals surface area contributed by atoms with Crippen LogP contribution in [0.15, 0.2) is 60.7 Å². The number of benzene rings is 2. The van der Waals surface area contributed by atoms with Gasteiger partial charge < -0.3 is 10.2 Å². The second-order valence-electron chi connectivity index (χ2n) is 6.37. The van der Waals surface area contributed by atoms with Gasteiger partial charge in [-0.25, -0.2) is 0 Å². The Hall–Kier alpha value is -2.27. The molecular formula is C22H28N2O2S. The van der Waals surface area contributed by atoms with Crippen LogP contribution in [0.4, 0.5) is 0 Å². The summed E-state index contributed by atoms with van der Waals surface area (Å²) < 4.78 is 0. The van der Waals surface area contributed by atoms with Gasteiger partial charge in [-0.3, -0.25) is 9.59 Å². The minimum atomic E-state index is -0.489. The van der Waals surface area contributed by atoms with Gasteiger partial charge in [0.15, 0.2) is 0 Å². The predicted molar refractivity (Wildman–Crippen MR) is 112 cm³/mol. The molecule has 27 heavy (non-hydrogen) atoms. The monoisotopic (exact) mass is 384 g/mol. The highest BCUT2D eigenvalue weighted by Gasteiger charge is 2.25. The fourth-order valence-corrected chi connectivity index (χ4v) is 3.64. The number of rotatable bonds is 10. The minimum absolute atomic E-state index is 0.0122. The van der Waals surface area contributed by atoms with Crippen molar-refractivity contribution in [2.75, 3.05) is 12.3 Å². The highest BCUT2D eigenvalue weighted by atomic mass is 32.2. The van der Waals surface area contributed by atoms with E-state index < -0.39 is 6.04 Å². The summed E-state index contributed by atoms with van der Waals surface area (Å²) in [4.78, 5) is 26.8. The van der Waals surface area contributed by atoms with Crippen molar-refractivity contribution in [3.8, 4) is 0 Å². The van der Waals surface area contributed by atoms with Crippen LogP contribution in [-0.2, 0) is 21.9 Å². The first-order valence-corrected chi connectivity index (χ1v) is 10.5. The maximum Gasteiger partial charge on any atom is 0.242 e. The molecule has 2 rings (SSSR count). The van der Waals surface area contributed by atoms with Crippen molar-refractivity contribution in [3.63, 3.8) is 0 Å². The third-order valence-electron chi connectivity index (χ3n) is 4.29. The van der Waals surface area contributed by atoms with Gasteiger partial charge in [-0.1, -0.05) is 60.7 Å². The fourth-order valence-electron chi connectivity index (χ4n) is 2.75. The number of nitrogens with one attached hydrogen (secondary N) is 1. The number of nitrogens with zero attached hydrogens (tertiary/aromatic N) is 1. The molecule has 5 heteroatoms. The number of amides is 2. The van der Waals surface area contributed by atoms with Crippen molar-refractivity contribution in [1.82, 2.24) is 10.2 Å². The van der Waals surface area contributed by atoms with E-state index in [-0.39, 0.29) is 11.8 Å². The highest BCUT2D eigenvalue weighted by molar-refractivity contribution is 7.98. The molecule has 0 aliphatic rings. The quantitative estimate of drug-likeness (QED) is 0.633. The van der Waals surface area contributed by atoms with Crippen molar-refractivity contribution in [2.45, 2.75) is 38.6 Å².